The molecular formula is C14H14ClNS. The third-order valence-corrected chi connectivity index (χ3v) is 3.87. The first-order valence-electron chi connectivity index (χ1n) is 5.42. The molecule has 0 saturated heterocycles. The summed E-state index contributed by atoms with van der Waals surface area (Å²) in [5.74, 6) is 0. The van der Waals surface area contributed by atoms with Crippen LogP contribution in [-0.2, 0) is 0 Å². The molecule has 0 aliphatic carbocycles. The maximum absolute atomic E-state index is 6.17. The van der Waals surface area contributed by atoms with Gasteiger partial charge in [0.2, 0.25) is 0 Å². The Bertz CT molecular complexity index is 543. The van der Waals surface area contributed by atoms with Crippen LogP contribution in [0.25, 0.3) is 16.5 Å². The number of hydrogen-bond acceptors (Lipinski definition) is 2. The van der Waals surface area contributed by atoms with E-state index in [9.17, 15) is 0 Å². The lowest BCUT2D eigenvalue weighted by atomic mass is 10.2. The zero-order valence-electron chi connectivity index (χ0n) is 9.61. The van der Waals surface area contributed by atoms with Gasteiger partial charge in [-0.1, -0.05) is 35.4 Å². The van der Waals surface area contributed by atoms with Crippen LogP contribution in [0.2, 0.25) is 5.02 Å². The molecule has 0 atom stereocenters. The summed E-state index contributed by atoms with van der Waals surface area (Å²) in [5.41, 5.74) is 7.84. The van der Waals surface area contributed by atoms with E-state index in [-0.39, 0.29) is 0 Å². The Hall–Kier alpha value is -1.09. The molecule has 17 heavy (non-hydrogen) atoms. The Kier molecular flexibility index (Phi) is 4.00. The molecule has 0 aliphatic heterocycles. The molecule has 1 nitrogen and oxygen atoms in total. The molecular weight excluding hydrogens is 250 g/mol. The summed E-state index contributed by atoms with van der Waals surface area (Å²) in [6, 6.07) is 12.1. The summed E-state index contributed by atoms with van der Waals surface area (Å²) >= 11 is 7.90. The molecule has 88 valence electrons. The minimum atomic E-state index is 0.597. The van der Waals surface area contributed by atoms with Crippen molar-refractivity contribution in [3.8, 4) is 10.4 Å². The summed E-state index contributed by atoms with van der Waals surface area (Å²) in [6.07, 6.45) is 2.12. The Balaban J connectivity index is 2.34. The van der Waals surface area contributed by atoms with Gasteiger partial charge in [0, 0.05) is 26.9 Å². The van der Waals surface area contributed by atoms with Gasteiger partial charge in [-0.2, -0.15) is 0 Å². The van der Waals surface area contributed by atoms with E-state index in [4.69, 9.17) is 17.3 Å². The van der Waals surface area contributed by atoms with Gasteiger partial charge in [0.15, 0.2) is 0 Å². The van der Waals surface area contributed by atoms with Crippen molar-refractivity contribution in [2.75, 3.05) is 6.54 Å². The standard InChI is InChI=1S/C14H14ClNS/c1-10(9-16)8-11-6-7-14(17-11)12-4-2-3-5-13(12)15/h2-8H,9,16H2,1H3. The minimum absolute atomic E-state index is 0.597. The van der Waals surface area contributed by atoms with Crippen molar-refractivity contribution >= 4 is 29.0 Å². The summed E-state index contributed by atoms with van der Waals surface area (Å²) < 4.78 is 0. The van der Waals surface area contributed by atoms with Crippen LogP contribution in [0, 0.1) is 0 Å². The number of rotatable bonds is 3. The Morgan fingerprint density at radius 3 is 2.76 bits per heavy atom. The van der Waals surface area contributed by atoms with Crippen LogP contribution < -0.4 is 5.73 Å². The summed E-state index contributed by atoms with van der Waals surface area (Å²) in [6.45, 7) is 2.63. The summed E-state index contributed by atoms with van der Waals surface area (Å²) in [7, 11) is 0. The second kappa shape index (κ2) is 5.50. The van der Waals surface area contributed by atoms with Gasteiger partial charge in [0.1, 0.15) is 0 Å². The molecule has 1 heterocycles. The quantitative estimate of drug-likeness (QED) is 0.871. The van der Waals surface area contributed by atoms with E-state index in [0.717, 1.165) is 10.6 Å². The molecule has 0 aliphatic rings. The summed E-state index contributed by atoms with van der Waals surface area (Å²) in [5, 5.41) is 0.792. The first-order valence-corrected chi connectivity index (χ1v) is 6.62. The zero-order chi connectivity index (χ0) is 12.3. The molecule has 0 radical (unpaired) electrons. The zero-order valence-corrected chi connectivity index (χ0v) is 11.2. The van der Waals surface area contributed by atoms with Gasteiger partial charge in [-0.05, 0) is 31.2 Å². The van der Waals surface area contributed by atoms with Crippen molar-refractivity contribution in [3.05, 3.63) is 51.9 Å². The number of halogens is 1. The molecule has 3 heteroatoms. The van der Waals surface area contributed by atoms with Crippen LogP contribution in [0.4, 0.5) is 0 Å². The van der Waals surface area contributed by atoms with Crippen molar-refractivity contribution in [2.45, 2.75) is 6.92 Å². The highest BCUT2D eigenvalue weighted by molar-refractivity contribution is 7.16. The Morgan fingerprint density at radius 2 is 2.06 bits per heavy atom. The van der Waals surface area contributed by atoms with Crippen molar-refractivity contribution in [3.63, 3.8) is 0 Å². The van der Waals surface area contributed by atoms with Gasteiger partial charge in [0.25, 0.3) is 0 Å². The molecule has 0 amide bonds. The van der Waals surface area contributed by atoms with Gasteiger partial charge in [0.05, 0.1) is 0 Å². The second-order valence-electron chi connectivity index (χ2n) is 3.88. The SMILES string of the molecule is CC(=Cc1ccc(-c2ccccc2Cl)s1)CN. The van der Waals surface area contributed by atoms with E-state index in [1.54, 1.807) is 11.3 Å². The van der Waals surface area contributed by atoms with Crippen molar-refractivity contribution < 1.29 is 0 Å². The van der Waals surface area contributed by atoms with E-state index in [0.29, 0.717) is 6.54 Å². The van der Waals surface area contributed by atoms with Crippen molar-refractivity contribution in [1.82, 2.24) is 0 Å². The van der Waals surface area contributed by atoms with Crippen LogP contribution >= 0.6 is 22.9 Å². The van der Waals surface area contributed by atoms with Crippen LogP contribution in [-0.4, -0.2) is 6.54 Å². The Labute approximate surface area is 111 Å². The van der Waals surface area contributed by atoms with E-state index >= 15 is 0 Å². The lowest BCUT2D eigenvalue weighted by molar-refractivity contribution is 1.15. The van der Waals surface area contributed by atoms with Crippen LogP contribution in [0.15, 0.2) is 42.0 Å². The van der Waals surface area contributed by atoms with E-state index in [1.165, 1.54) is 15.3 Å². The van der Waals surface area contributed by atoms with E-state index < -0.39 is 0 Å². The predicted molar refractivity (Wildman–Crippen MR) is 77.5 cm³/mol. The smallest absolute Gasteiger partial charge is 0.0492 e. The molecule has 2 aromatic rings. The molecule has 2 N–H and O–H groups in total. The van der Waals surface area contributed by atoms with Gasteiger partial charge >= 0.3 is 0 Å². The molecule has 0 bridgehead atoms. The minimum Gasteiger partial charge on any atom is -0.327 e. The fourth-order valence-corrected chi connectivity index (χ4v) is 2.91. The molecule has 0 spiro atoms. The lowest BCUT2D eigenvalue weighted by Crippen LogP contribution is -1.98. The maximum Gasteiger partial charge on any atom is 0.0492 e. The highest BCUT2D eigenvalue weighted by atomic mass is 35.5. The maximum atomic E-state index is 6.17. The molecule has 0 unspecified atom stereocenters. The topological polar surface area (TPSA) is 26.0 Å². The van der Waals surface area contributed by atoms with Gasteiger partial charge in [-0.3, -0.25) is 0 Å². The number of nitrogens with two attached hydrogens (primary N) is 1. The normalized spacial score (nSPS) is 11.8. The average Bonchev–Trinajstić information content (AvgIpc) is 2.78. The van der Waals surface area contributed by atoms with Crippen LogP contribution in [0.5, 0.6) is 0 Å². The molecule has 1 aromatic carbocycles. The molecule has 0 saturated carbocycles. The first kappa shape index (κ1) is 12.4. The van der Waals surface area contributed by atoms with Gasteiger partial charge in [-0.15, -0.1) is 11.3 Å². The monoisotopic (exact) mass is 263 g/mol. The van der Waals surface area contributed by atoms with Crippen LogP contribution in [0.1, 0.15) is 11.8 Å². The highest BCUT2D eigenvalue weighted by Crippen LogP contribution is 2.33. The number of benzene rings is 1. The van der Waals surface area contributed by atoms with E-state index in [2.05, 4.69) is 18.2 Å². The third-order valence-electron chi connectivity index (χ3n) is 2.48. The van der Waals surface area contributed by atoms with Crippen molar-refractivity contribution in [2.24, 2.45) is 5.73 Å². The van der Waals surface area contributed by atoms with Gasteiger partial charge in [-0.25, -0.2) is 0 Å². The fourth-order valence-electron chi connectivity index (χ4n) is 1.54. The molecule has 1 aromatic heterocycles. The second-order valence-corrected chi connectivity index (χ2v) is 5.40. The summed E-state index contributed by atoms with van der Waals surface area (Å²) in [4.78, 5) is 2.40. The average molecular weight is 264 g/mol. The van der Waals surface area contributed by atoms with Crippen molar-refractivity contribution in [1.29, 1.82) is 0 Å². The lowest BCUT2D eigenvalue weighted by Gasteiger charge is -1.99. The van der Waals surface area contributed by atoms with Gasteiger partial charge < -0.3 is 5.73 Å². The molecule has 2 rings (SSSR count). The molecule has 0 fully saturated rings. The number of thiophene rings is 1. The van der Waals surface area contributed by atoms with E-state index in [1.807, 2.05) is 31.2 Å². The highest BCUT2D eigenvalue weighted by Gasteiger charge is 2.05. The third kappa shape index (κ3) is 2.97. The number of hydrogen-bond donors (Lipinski definition) is 1. The predicted octanol–water partition coefficient (Wildman–Crippen LogP) is 4.43. The largest absolute Gasteiger partial charge is 0.327 e. The fraction of sp³-hybridized carbons (Fsp3) is 0.143. The first-order chi connectivity index (χ1) is 8.20. The van der Waals surface area contributed by atoms with Crippen LogP contribution in [0.3, 0.4) is 0 Å². The Morgan fingerprint density at radius 1 is 1.29 bits per heavy atom.